The number of carbonyl (C=O) groups is 1. The van der Waals surface area contributed by atoms with Crippen molar-refractivity contribution in [2.75, 3.05) is 0 Å². The first kappa shape index (κ1) is 18.5. The minimum atomic E-state index is -0.268. The molecule has 2 aromatic carbocycles. The smallest absolute Gasteiger partial charge is 0.270 e. The van der Waals surface area contributed by atoms with Crippen LogP contribution in [0.4, 0.5) is 0 Å². The molecule has 0 aliphatic rings. The molecule has 138 valence electrons. The van der Waals surface area contributed by atoms with Gasteiger partial charge in [-0.25, -0.2) is 10.4 Å². The van der Waals surface area contributed by atoms with Crippen LogP contribution in [-0.4, -0.2) is 22.1 Å². The van der Waals surface area contributed by atoms with E-state index in [1.165, 1.54) is 5.56 Å². The summed E-state index contributed by atoms with van der Waals surface area (Å²) in [5.74, 6) is 0.210. The molecule has 1 amide bonds. The Morgan fingerprint density at radius 3 is 2.67 bits per heavy atom. The third kappa shape index (κ3) is 4.88. The maximum atomic E-state index is 12.0. The molecular weight excluding hydrogens is 340 g/mol. The number of hydrogen-bond donors (Lipinski definition) is 2. The average molecular weight is 362 g/mol. The zero-order valence-electron chi connectivity index (χ0n) is 15.4. The number of aromatic amines is 1. The Morgan fingerprint density at radius 1 is 1.19 bits per heavy atom. The summed E-state index contributed by atoms with van der Waals surface area (Å²) in [7, 11) is 0. The summed E-state index contributed by atoms with van der Waals surface area (Å²) in [6, 6.07) is 15.3. The zero-order valence-corrected chi connectivity index (χ0v) is 15.4. The highest BCUT2D eigenvalue weighted by Crippen LogP contribution is 2.13. The first-order chi connectivity index (χ1) is 13.0. The number of nitrogens with one attached hydrogen (secondary N) is 2. The fourth-order valence-corrected chi connectivity index (χ4v) is 2.67. The van der Waals surface area contributed by atoms with E-state index >= 15 is 0 Å². The van der Waals surface area contributed by atoms with Gasteiger partial charge in [0.2, 0.25) is 5.91 Å². The first-order valence-corrected chi connectivity index (χ1v) is 8.93. The molecule has 0 aliphatic heterocycles. The molecule has 0 saturated carbocycles. The lowest BCUT2D eigenvalue weighted by Gasteiger charge is -2.04. The van der Waals surface area contributed by atoms with E-state index in [9.17, 15) is 9.59 Å². The Labute approximate surface area is 157 Å². The number of aromatic nitrogens is 2. The number of aryl methyl sites for hydroxylation is 1. The molecular formula is C21H22N4O2. The summed E-state index contributed by atoms with van der Waals surface area (Å²) in [4.78, 5) is 31.1. The largest absolute Gasteiger partial charge is 0.319 e. The first-order valence-electron chi connectivity index (χ1n) is 8.93. The van der Waals surface area contributed by atoms with E-state index in [-0.39, 0.29) is 24.3 Å². The van der Waals surface area contributed by atoms with Crippen LogP contribution in [0.15, 0.2) is 58.4 Å². The second kappa shape index (κ2) is 8.40. The standard InChI is InChI=1S/C21H22N4O2/c1-14(2)16-9-7-15(8-10-16)13-22-25-20(26)12-11-19-21(27)24-18-6-4-3-5-17(18)23-19/h3-10,13-14H,11-12H2,1-2H3,(H,24,27)(H,25,26)/b22-13-. The number of carbonyl (C=O) groups excluding carboxylic acids is 1. The van der Waals surface area contributed by atoms with Crippen LogP contribution in [0.3, 0.4) is 0 Å². The number of fused-ring (bicyclic) bond motifs is 1. The monoisotopic (exact) mass is 362 g/mol. The highest BCUT2D eigenvalue weighted by molar-refractivity contribution is 5.82. The van der Waals surface area contributed by atoms with Gasteiger partial charge < -0.3 is 4.98 Å². The molecule has 6 heteroatoms. The molecule has 0 saturated heterocycles. The SMILES string of the molecule is CC(C)c1ccc(/C=N\NC(=O)CCc2nc3ccccc3[nH]c2=O)cc1. The molecule has 0 fully saturated rings. The van der Waals surface area contributed by atoms with Crippen LogP contribution in [0.25, 0.3) is 11.0 Å². The topological polar surface area (TPSA) is 87.2 Å². The van der Waals surface area contributed by atoms with Crippen molar-refractivity contribution in [1.29, 1.82) is 0 Å². The van der Waals surface area contributed by atoms with Crippen LogP contribution in [0.2, 0.25) is 0 Å². The molecule has 27 heavy (non-hydrogen) atoms. The van der Waals surface area contributed by atoms with Crippen LogP contribution in [-0.2, 0) is 11.2 Å². The van der Waals surface area contributed by atoms with E-state index in [1.807, 2.05) is 42.5 Å². The lowest BCUT2D eigenvalue weighted by Crippen LogP contribution is -2.21. The number of hydrazone groups is 1. The number of H-pyrrole nitrogens is 1. The Kier molecular flexibility index (Phi) is 5.76. The van der Waals surface area contributed by atoms with Crippen LogP contribution in [0.5, 0.6) is 0 Å². The fourth-order valence-electron chi connectivity index (χ4n) is 2.67. The Morgan fingerprint density at radius 2 is 1.93 bits per heavy atom. The van der Waals surface area contributed by atoms with Crippen molar-refractivity contribution in [3.05, 3.63) is 75.7 Å². The predicted molar refractivity (Wildman–Crippen MR) is 107 cm³/mol. The quantitative estimate of drug-likeness (QED) is 0.522. The van der Waals surface area contributed by atoms with Crippen LogP contribution >= 0.6 is 0 Å². The third-order valence-electron chi connectivity index (χ3n) is 4.26. The summed E-state index contributed by atoms with van der Waals surface area (Å²) >= 11 is 0. The van der Waals surface area contributed by atoms with E-state index in [2.05, 4.69) is 34.3 Å². The molecule has 0 spiro atoms. The lowest BCUT2D eigenvalue weighted by molar-refractivity contribution is -0.121. The highest BCUT2D eigenvalue weighted by atomic mass is 16.2. The van der Waals surface area contributed by atoms with E-state index < -0.39 is 0 Å². The number of amides is 1. The van der Waals surface area contributed by atoms with Crippen molar-refractivity contribution in [2.24, 2.45) is 5.10 Å². The van der Waals surface area contributed by atoms with Crippen LogP contribution in [0.1, 0.15) is 43.0 Å². The van der Waals surface area contributed by atoms with Crippen molar-refractivity contribution in [1.82, 2.24) is 15.4 Å². The summed E-state index contributed by atoms with van der Waals surface area (Å²) in [5.41, 5.74) is 6.11. The number of hydrogen-bond acceptors (Lipinski definition) is 4. The normalized spacial score (nSPS) is 11.4. The minimum Gasteiger partial charge on any atom is -0.319 e. The molecule has 0 aliphatic carbocycles. The number of nitrogens with zero attached hydrogens (tertiary/aromatic N) is 2. The zero-order chi connectivity index (χ0) is 19.2. The Balaban J connectivity index is 1.55. The molecule has 2 N–H and O–H groups in total. The van der Waals surface area contributed by atoms with Gasteiger partial charge in [0, 0.05) is 12.8 Å². The summed E-state index contributed by atoms with van der Waals surface area (Å²) in [5, 5.41) is 3.97. The second-order valence-corrected chi connectivity index (χ2v) is 6.64. The second-order valence-electron chi connectivity index (χ2n) is 6.64. The molecule has 0 bridgehead atoms. The number of rotatable bonds is 6. The average Bonchev–Trinajstić information content (AvgIpc) is 2.66. The predicted octanol–water partition coefficient (Wildman–Crippen LogP) is 3.13. The van der Waals surface area contributed by atoms with Crippen molar-refractivity contribution in [3.63, 3.8) is 0 Å². The molecule has 1 heterocycles. The highest BCUT2D eigenvalue weighted by Gasteiger charge is 2.07. The molecule has 1 aromatic heterocycles. The van der Waals surface area contributed by atoms with Gasteiger partial charge in [0.05, 0.1) is 17.2 Å². The Hall–Kier alpha value is -3.28. The lowest BCUT2D eigenvalue weighted by atomic mass is 10.0. The van der Waals surface area contributed by atoms with E-state index in [0.29, 0.717) is 22.6 Å². The van der Waals surface area contributed by atoms with Gasteiger partial charge in [-0.2, -0.15) is 5.10 Å². The molecule has 0 radical (unpaired) electrons. The van der Waals surface area contributed by atoms with Gasteiger partial charge in [0.15, 0.2) is 0 Å². The van der Waals surface area contributed by atoms with Crippen molar-refractivity contribution in [2.45, 2.75) is 32.6 Å². The maximum Gasteiger partial charge on any atom is 0.270 e. The van der Waals surface area contributed by atoms with Crippen molar-refractivity contribution >= 4 is 23.2 Å². The van der Waals surface area contributed by atoms with Gasteiger partial charge in [-0.05, 0) is 29.2 Å². The fraction of sp³-hybridized carbons (Fsp3) is 0.238. The van der Waals surface area contributed by atoms with Gasteiger partial charge in [0.25, 0.3) is 5.56 Å². The van der Waals surface area contributed by atoms with Gasteiger partial charge >= 0.3 is 0 Å². The molecule has 3 aromatic rings. The minimum absolute atomic E-state index is 0.137. The van der Waals surface area contributed by atoms with Gasteiger partial charge in [0.1, 0.15) is 5.69 Å². The van der Waals surface area contributed by atoms with Gasteiger partial charge in [-0.15, -0.1) is 0 Å². The number of benzene rings is 2. The van der Waals surface area contributed by atoms with Crippen LogP contribution in [0, 0.1) is 0 Å². The van der Waals surface area contributed by atoms with Crippen molar-refractivity contribution < 1.29 is 4.79 Å². The summed E-state index contributed by atoms with van der Waals surface area (Å²) in [6.45, 7) is 4.28. The van der Waals surface area contributed by atoms with E-state index in [1.54, 1.807) is 12.3 Å². The van der Waals surface area contributed by atoms with E-state index in [0.717, 1.165) is 5.56 Å². The molecule has 3 rings (SSSR count). The molecule has 6 nitrogen and oxygen atoms in total. The molecule has 0 unspecified atom stereocenters. The number of para-hydroxylation sites is 2. The van der Waals surface area contributed by atoms with Crippen LogP contribution < -0.4 is 11.0 Å². The van der Waals surface area contributed by atoms with Crippen molar-refractivity contribution in [3.8, 4) is 0 Å². The van der Waals surface area contributed by atoms with Gasteiger partial charge in [-0.3, -0.25) is 9.59 Å². The maximum absolute atomic E-state index is 12.0. The third-order valence-corrected chi connectivity index (χ3v) is 4.26. The summed E-state index contributed by atoms with van der Waals surface area (Å²) < 4.78 is 0. The van der Waals surface area contributed by atoms with Gasteiger partial charge in [-0.1, -0.05) is 50.2 Å². The summed E-state index contributed by atoms with van der Waals surface area (Å²) in [6.07, 6.45) is 1.99. The Bertz CT molecular complexity index is 1020. The molecule has 0 atom stereocenters. The van der Waals surface area contributed by atoms with E-state index in [4.69, 9.17) is 0 Å².